The van der Waals surface area contributed by atoms with Gasteiger partial charge in [-0.3, -0.25) is 0 Å². The van der Waals surface area contributed by atoms with Gasteiger partial charge in [-0.15, -0.1) is 6.58 Å². The summed E-state index contributed by atoms with van der Waals surface area (Å²) in [6.45, 7) is 10.3. The van der Waals surface area contributed by atoms with E-state index in [9.17, 15) is 0 Å². The van der Waals surface area contributed by atoms with E-state index >= 15 is 0 Å². The van der Waals surface area contributed by atoms with Crippen molar-refractivity contribution in [3.8, 4) is 0 Å². The zero-order valence-corrected chi connectivity index (χ0v) is 9.59. The number of H-pyrrole nitrogens is 1. The number of benzene rings is 1. The molecule has 1 aromatic heterocycles. The molecule has 0 amide bonds. The van der Waals surface area contributed by atoms with E-state index in [2.05, 4.69) is 56.6 Å². The maximum Gasteiger partial charge on any atom is 0.0456 e. The van der Waals surface area contributed by atoms with Crippen molar-refractivity contribution in [1.82, 2.24) is 4.98 Å². The van der Waals surface area contributed by atoms with Crippen LogP contribution >= 0.6 is 0 Å². The maximum absolute atomic E-state index is 3.88. The molecular formula is C14H17N. The van der Waals surface area contributed by atoms with E-state index in [1.807, 2.05) is 6.08 Å². The molecule has 0 saturated heterocycles. The van der Waals surface area contributed by atoms with Gasteiger partial charge in [0.15, 0.2) is 0 Å². The molecule has 0 bridgehead atoms. The number of hydrogen-bond acceptors (Lipinski definition) is 0. The first-order valence-corrected chi connectivity index (χ1v) is 5.26. The van der Waals surface area contributed by atoms with E-state index in [0.717, 1.165) is 0 Å². The highest BCUT2D eigenvalue weighted by Gasteiger charge is 2.18. The lowest BCUT2D eigenvalue weighted by atomic mass is 9.90. The van der Waals surface area contributed by atoms with Gasteiger partial charge in [0.25, 0.3) is 0 Å². The number of hydrogen-bond donors (Lipinski definition) is 1. The van der Waals surface area contributed by atoms with E-state index in [1.165, 1.54) is 22.2 Å². The van der Waals surface area contributed by atoms with Crippen LogP contribution in [0.5, 0.6) is 0 Å². The number of allylic oxidation sites excluding steroid dienone is 1. The van der Waals surface area contributed by atoms with Crippen molar-refractivity contribution >= 4 is 10.9 Å². The molecule has 0 fully saturated rings. The highest BCUT2D eigenvalue weighted by Crippen LogP contribution is 2.27. The molecule has 1 N–H and O–H groups in total. The molecule has 0 radical (unpaired) electrons. The van der Waals surface area contributed by atoms with E-state index in [0.29, 0.717) is 0 Å². The lowest BCUT2D eigenvalue weighted by molar-refractivity contribution is 0.652. The van der Waals surface area contributed by atoms with Crippen molar-refractivity contribution in [3.05, 3.63) is 48.2 Å². The van der Waals surface area contributed by atoms with Gasteiger partial charge < -0.3 is 4.98 Å². The van der Waals surface area contributed by atoms with Crippen molar-refractivity contribution in [1.29, 1.82) is 0 Å². The fraction of sp³-hybridized carbons (Fsp3) is 0.286. The number of aryl methyl sites for hydroxylation is 1. The third kappa shape index (κ3) is 1.70. The van der Waals surface area contributed by atoms with Gasteiger partial charge in [-0.2, -0.15) is 0 Å². The number of nitrogens with one attached hydrogen (secondary N) is 1. The Labute approximate surface area is 90.8 Å². The van der Waals surface area contributed by atoms with Crippen LogP contribution in [0.25, 0.3) is 10.9 Å². The third-order valence-corrected chi connectivity index (χ3v) is 2.98. The molecule has 1 aromatic carbocycles. The summed E-state index contributed by atoms with van der Waals surface area (Å²) >= 11 is 0. The molecule has 1 heteroatoms. The Morgan fingerprint density at radius 1 is 1.27 bits per heavy atom. The zero-order valence-electron chi connectivity index (χ0n) is 9.59. The van der Waals surface area contributed by atoms with Gasteiger partial charge >= 0.3 is 0 Å². The Balaban J connectivity index is 2.61. The van der Waals surface area contributed by atoms with Gasteiger partial charge in [-0.25, -0.2) is 0 Å². The molecule has 0 aliphatic heterocycles. The second kappa shape index (κ2) is 3.27. The third-order valence-electron chi connectivity index (χ3n) is 2.98. The Morgan fingerprint density at radius 3 is 2.67 bits per heavy atom. The number of aromatic nitrogens is 1. The second-order valence-corrected chi connectivity index (χ2v) is 4.70. The summed E-state index contributed by atoms with van der Waals surface area (Å²) in [6.07, 6.45) is 1.98. The van der Waals surface area contributed by atoms with Gasteiger partial charge in [0.2, 0.25) is 0 Å². The van der Waals surface area contributed by atoms with E-state index in [-0.39, 0.29) is 5.41 Å². The topological polar surface area (TPSA) is 15.8 Å². The van der Waals surface area contributed by atoms with Crippen LogP contribution < -0.4 is 0 Å². The van der Waals surface area contributed by atoms with Crippen LogP contribution in [0.15, 0.2) is 36.9 Å². The van der Waals surface area contributed by atoms with Gasteiger partial charge in [-0.1, -0.05) is 31.6 Å². The molecule has 0 atom stereocenters. The van der Waals surface area contributed by atoms with Crippen LogP contribution in [0, 0.1) is 6.92 Å². The van der Waals surface area contributed by atoms with Crippen LogP contribution in [0.4, 0.5) is 0 Å². The molecule has 0 spiro atoms. The van der Waals surface area contributed by atoms with Gasteiger partial charge in [-0.05, 0) is 30.5 Å². The summed E-state index contributed by atoms with van der Waals surface area (Å²) in [7, 11) is 0. The summed E-state index contributed by atoms with van der Waals surface area (Å²) in [6, 6.07) is 8.68. The van der Waals surface area contributed by atoms with Crippen LogP contribution in [0.1, 0.15) is 25.1 Å². The first-order valence-electron chi connectivity index (χ1n) is 5.26. The molecule has 1 heterocycles. The first-order chi connectivity index (χ1) is 7.03. The predicted octanol–water partition coefficient (Wildman–Crippen LogP) is 3.94. The van der Waals surface area contributed by atoms with Gasteiger partial charge in [0.05, 0.1) is 0 Å². The SMILES string of the molecule is C=CC(C)(C)c1cc2cc(C)ccc2[nH]1. The van der Waals surface area contributed by atoms with Crippen LogP contribution in [0.2, 0.25) is 0 Å². The normalized spacial score (nSPS) is 11.9. The Hall–Kier alpha value is -1.50. The van der Waals surface area contributed by atoms with Crippen LogP contribution in [-0.2, 0) is 5.41 Å². The Bertz CT molecular complexity index is 503. The largest absolute Gasteiger partial charge is 0.358 e. The average molecular weight is 199 g/mol. The van der Waals surface area contributed by atoms with Gasteiger partial charge in [0, 0.05) is 16.6 Å². The van der Waals surface area contributed by atoms with Crippen LogP contribution in [-0.4, -0.2) is 4.98 Å². The molecule has 0 aliphatic rings. The number of fused-ring (bicyclic) bond motifs is 1. The molecule has 0 aliphatic carbocycles. The van der Waals surface area contributed by atoms with Crippen LogP contribution in [0.3, 0.4) is 0 Å². The summed E-state index contributed by atoms with van der Waals surface area (Å²) in [4.78, 5) is 3.44. The highest BCUT2D eigenvalue weighted by molar-refractivity contribution is 5.81. The average Bonchev–Trinajstić information content (AvgIpc) is 2.61. The monoisotopic (exact) mass is 199 g/mol. The Kier molecular flexibility index (Phi) is 2.18. The van der Waals surface area contributed by atoms with Crippen molar-refractivity contribution in [2.24, 2.45) is 0 Å². The van der Waals surface area contributed by atoms with E-state index < -0.39 is 0 Å². The van der Waals surface area contributed by atoms with Crippen molar-refractivity contribution in [2.45, 2.75) is 26.2 Å². The highest BCUT2D eigenvalue weighted by atomic mass is 14.7. The fourth-order valence-electron chi connectivity index (χ4n) is 1.71. The van der Waals surface area contributed by atoms with Crippen molar-refractivity contribution < 1.29 is 0 Å². The number of rotatable bonds is 2. The maximum atomic E-state index is 3.88. The minimum Gasteiger partial charge on any atom is -0.358 e. The molecular weight excluding hydrogens is 182 g/mol. The van der Waals surface area contributed by atoms with E-state index in [4.69, 9.17) is 0 Å². The Morgan fingerprint density at radius 2 is 2.00 bits per heavy atom. The minimum absolute atomic E-state index is 0.00687. The molecule has 0 unspecified atom stereocenters. The molecule has 2 rings (SSSR count). The van der Waals surface area contributed by atoms with Crippen molar-refractivity contribution in [3.63, 3.8) is 0 Å². The molecule has 78 valence electrons. The summed E-state index contributed by atoms with van der Waals surface area (Å²) in [5.74, 6) is 0. The molecule has 2 aromatic rings. The zero-order chi connectivity index (χ0) is 11.1. The second-order valence-electron chi connectivity index (χ2n) is 4.70. The number of aromatic amines is 1. The quantitative estimate of drug-likeness (QED) is 0.705. The summed E-state index contributed by atoms with van der Waals surface area (Å²) < 4.78 is 0. The molecule has 0 saturated carbocycles. The lowest BCUT2D eigenvalue weighted by Crippen LogP contribution is -2.12. The van der Waals surface area contributed by atoms with Crippen molar-refractivity contribution in [2.75, 3.05) is 0 Å². The standard InChI is InChI=1S/C14H17N/c1-5-14(3,4)13-9-11-8-10(2)6-7-12(11)15-13/h5-9,15H,1H2,2-4H3. The molecule has 15 heavy (non-hydrogen) atoms. The van der Waals surface area contributed by atoms with E-state index in [1.54, 1.807) is 0 Å². The summed E-state index contributed by atoms with van der Waals surface area (Å²) in [5, 5.41) is 1.28. The first kappa shape index (κ1) is 10.0. The fourth-order valence-corrected chi connectivity index (χ4v) is 1.71. The lowest BCUT2D eigenvalue weighted by Gasteiger charge is -2.17. The minimum atomic E-state index is 0.00687. The predicted molar refractivity (Wildman–Crippen MR) is 66.3 cm³/mol. The molecule has 1 nitrogen and oxygen atoms in total. The van der Waals surface area contributed by atoms with Gasteiger partial charge in [0.1, 0.15) is 0 Å². The smallest absolute Gasteiger partial charge is 0.0456 e. The summed E-state index contributed by atoms with van der Waals surface area (Å²) in [5.41, 5.74) is 3.72.